The molecule has 58 heavy (non-hydrogen) atoms. The molecule has 2 rings (SSSR count). The summed E-state index contributed by atoms with van der Waals surface area (Å²) >= 11 is 0. The SMILES string of the molecule is CCCCCC[C@@H](OC[C@@H](C)NC(=O)[C@@H](C)CN)[C@@H](C)C(=O)N(C)[Si@@H](CC(C)C)C(=O)N[C@H](C(=O)/N=C(/CNC(=O)OCc1ccccc1)C(N)=O)C1CCCCC1. The molecular weight excluding hydrogens is 759 g/mol. The fraction of sp³-hybridized carbons (Fsp3) is 0.690. The third-order valence-electron chi connectivity index (χ3n) is 10.7. The highest BCUT2D eigenvalue weighted by molar-refractivity contribution is 6.89. The largest absolute Gasteiger partial charge is 0.445 e. The minimum absolute atomic E-state index is 0.00209. The lowest BCUT2D eigenvalue weighted by molar-refractivity contribution is -0.136. The van der Waals surface area contributed by atoms with E-state index < -0.39 is 51.5 Å². The fourth-order valence-electron chi connectivity index (χ4n) is 6.99. The normalized spacial score (nSPS) is 16.6. The summed E-state index contributed by atoms with van der Waals surface area (Å²) in [6, 6.07) is 8.16. The van der Waals surface area contributed by atoms with Gasteiger partial charge >= 0.3 is 6.09 Å². The van der Waals surface area contributed by atoms with Gasteiger partial charge in [0, 0.05) is 25.6 Å². The van der Waals surface area contributed by atoms with Crippen LogP contribution in [0.3, 0.4) is 0 Å². The predicted molar refractivity (Wildman–Crippen MR) is 228 cm³/mol. The van der Waals surface area contributed by atoms with Crippen molar-refractivity contribution >= 4 is 49.9 Å². The van der Waals surface area contributed by atoms with Gasteiger partial charge in [-0.1, -0.05) is 110 Å². The number of carbonyl (C=O) groups is 6. The molecule has 1 aliphatic carbocycles. The number of nitrogens with two attached hydrogens (primary N) is 2. The Labute approximate surface area is 347 Å². The first-order valence-corrected chi connectivity index (χ1v) is 23.0. The van der Waals surface area contributed by atoms with Crippen LogP contribution in [-0.4, -0.2) is 99.4 Å². The molecule has 16 heteroatoms. The average molecular weight is 830 g/mol. The number of primary amides is 1. The second-order valence-electron chi connectivity index (χ2n) is 16.2. The van der Waals surface area contributed by atoms with Crippen LogP contribution in [0.5, 0.6) is 0 Å². The Balaban J connectivity index is 2.28. The van der Waals surface area contributed by atoms with E-state index in [-0.39, 0.29) is 66.6 Å². The molecule has 1 fully saturated rings. The number of nitrogens with zero attached hydrogens (tertiary/aromatic N) is 2. The quantitative estimate of drug-likeness (QED) is 0.0530. The Morgan fingerprint density at radius 3 is 2.22 bits per heavy atom. The van der Waals surface area contributed by atoms with Crippen molar-refractivity contribution in [2.45, 2.75) is 137 Å². The minimum Gasteiger partial charge on any atom is -0.445 e. The molecule has 1 aromatic rings. The van der Waals surface area contributed by atoms with Crippen molar-refractivity contribution in [3.63, 3.8) is 0 Å². The first-order chi connectivity index (χ1) is 27.6. The van der Waals surface area contributed by atoms with Crippen molar-refractivity contribution in [3.8, 4) is 0 Å². The number of carbonyl (C=O) groups excluding carboxylic acids is 6. The zero-order chi connectivity index (χ0) is 43.2. The van der Waals surface area contributed by atoms with Gasteiger partial charge in [0.15, 0.2) is 0 Å². The number of hydrogen-bond donors (Lipinski definition) is 5. The maximum absolute atomic E-state index is 14.4. The number of unbranched alkanes of at least 4 members (excludes halogenated alkanes) is 3. The van der Waals surface area contributed by atoms with Crippen LogP contribution in [0.25, 0.3) is 0 Å². The van der Waals surface area contributed by atoms with Crippen LogP contribution in [-0.2, 0) is 35.3 Å². The van der Waals surface area contributed by atoms with Crippen LogP contribution in [0.4, 0.5) is 9.59 Å². The molecule has 0 aliphatic heterocycles. The second kappa shape index (κ2) is 26.8. The van der Waals surface area contributed by atoms with Crippen molar-refractivity contribution in [1.82, 2.24) is 20.5 Å². The first-order valence-electron chi connectivity index (χ1n) is 21.1. The molecule has 6 amide bonds. The van der Waals surface area contributed by atoms with E-state index in [0.29, 0.717) is 25.3 Å². The smallest absolute Gasteiger partial charge is 0.407 e. The number of alkyl carbamates (subject to hydrolysis) is 1. The zero-order valence-electron chi connectivity index (χ0n) is 35.9. The number of benzene rings is 1. The topological polar surface area (TPSA) is 225 Å². The Morgan fingerprint density at radius 2 is 1.62 bits per heavy atom. The van der Waals surface area contributed by atoms with Crippen LogP contribution >= 0.6 is 0 Å². The van der Waals surface area contributed by atoms with Crippen molar-refractivity contribution in [2.75, 3.05) is 26.7 Å². The highest BCUT2D eigenvalue weighted by Gasteiger charge is 2.39. The Kier molecular flexibility index (Phi) is 23.1. The number of aliphatic imine (C=N–C) groups is 1. The summed E-state index contributed by atoms with van der Waals surface area (Å²) in [4.78, 5) is 83.9. The number of ether oxygens (including phenoxy) is 2. The molecule has 0 saturated heterocycles. The second-order valence-corrected chi connectivity index (χ2v) is 19.0. The summed E-state index contributed by atoms with van der Waals surface area (Å²) in [6.45, 7) is 11.5. The maximum atomic E-state index is 14.4. The molecule has 1 aliphatic rings. The third kappa shape index (κ3) is 17.8. The molecule has 15 nitrogen and oxygen atoms in total. The molecule has 326 valence electrons. The van der Waals surface area contributed by atoms with Crippen LogP contribution < -0.4 is 27.4 Å². The van der Waals surface area contributed by atoms with Gasteiger partial charge in [0.1, 0.15) is 18.4 Å². The highest BCUT2D eigenvalue weighted by Crippen LogP contribution is 2.28. The van der Waals surface area contributed by atoms with Gasteiger partial charge in [-0.05, 0) is 49.6 Å². The lowest BCUT2D eigenvalue weighted by Gasteiger charge is -2.35. The summed E-state index contributed by atoms with van der Waals surface area (Å²) in [6.07, 6.45) is 7.41. The molecule has 0 radical (unpaired) electrons. The van der Waals surface area contributed by atoms with Crippen molar-refractivity contribution in [1.29, 1.82) is 0 Å². The van der Waals surface area contributed by atoms with E-state index in [1.54, 1.807) is 30.7 Å². The number of rotatable bonds is 25. The number of nitrogens with one attached hydrogen (secondary N) is 3. The van der Waals surface area contributed by atoms with E-state index in [1.807, 2.05) is 45.9 Å². The Bertz CT molecular complexity index is 1490. The first kappa shape index (κ1) is 50.0. The molecule has 0 spiro atoms. The van der Waals surface area contributed by atoms with E-state index in [1.165, 1.54) is 0 Å². The maximum Gasteiger partial charge on any atom is 0.407 e. The van der Waals surface area contributed by atoms with Crippen molar-refractivity contribution in [3.05, 3.63) is 35.9 Å². The molecular formula is C42H71N7O8Si. The van der Waals surface area contributed by atoms with E-state index in [0.717, 1.165) is 50.5 Å². The summed E-state index contributed by atoms with van der Waals surface area (Å²) in [5.74, 6) is -3.20. The van der Waals surface area contributed by atoms with Gasteiger partial charge in [-0.25, -0.2) is 9.79 Å². The monoisotopic (exact) mass is 830 g/mol. The molecule has 6 atom stereocenters. The Morgan fingerprint density at radius 1 is 0.948 bits per heavy atom. The molecule has 1 aromatic carbocycles. The molecule has 0 heterocycles. The van der Waals surface area contributed by atoms with Crippen molar-refractivity contribution < 1.29 is 38.2 Å². The summed E-state index contributed by atoms with van der Waals surface area (Å²) in [5.41, 5.74) is 11.3. The van der Waals surface area contributed by atoms with E-state index in [4.69, 9.17) is 20.9 Å². The van der Waals surface area contributed by atoms with Gasteiger partial charge in [-0.2, -0.15) is 0 Å². The summed E-state index contributed by atoms with van der Waals surface area (Å²) < 4.78 is 13.1. The third-order valence-corrected chi connectivity index (χ3v) is 14.0. The van der Waals surface area contributed by atoms with Crippen LogP contribution in [0, 0.1) is 23.7 Å². The van der Waals surface area contributed by atoms with Crippen LogP contribution in [0.1, 0.15) is 111 Å². The molecule has 7 N–H and O–H groups in total. The highest BCUT2D eigenvalue weighted by atomic mass is 28.3. The predicted octanol–water partition coefficient (Wildman–Crippen LogP) is 4.54. The number of amides is 6. The van der Waals surface area contributed by atoms with Gasteiger partial charge in [-0.15, -0.1) is 0 Å². The minimum atomic E-state index is -2.77. The van der Waals surface area contributed by atoms with E-state index in [9.17, 15) is 28.8 Å². The molecule has 0 unspecified atom stereocenters. The average Bonchev–Trinajstić information content (AvgIpc) is 3.21. The van der Waals surface area contributed by atoms with Gasteiger partial charge in [-0.3, -0.25) is 24.0 Å². The van der Waals surface area contributed by atoms with Gasteiger partial charge in [0.2, 0.25) is 26.3 Å². The van der Waals surface area contributed by atoms with Crippen LogP contribution in [0.15, 0.2) is 35.3 Å². The Hall–Kier alpha value is -4.15. The molecule has 1 saturated carbocycles. The lowest BCUT2D eigenvalue weighted by atomic mass is 9.83. The van der Waals surface area contributed by atoms with E-state index >= 15 is 0 Å². The molecule has 0 bridgehead atoms. The van der Waals surface area contributed by atoms with Gasteiger partial charge < -0.3 is 41.5 Å². The van der Waals surface area contributed by atoms with Crippen molar-refractivity contribution in [2.24, 2.45) is 40.1 Å². The lowest BCUT2D eigenvalue weighted by Crippen LogP contribution is -2.58. The number of hydrogen-bond acceptors (Lipinski definition) is 9. The van der Waals surface area contributed by atoms with Gasteiger partial charge in [0.05, 0.1) is 25.2 Å². The van der Waals surface area contributed by atoms with Crippen LogP contribution in [0.2, 0.25) is 6.04 Å². The summed E-state index contributed by atoms with van der Waals surface area (Å²) in [5, 5.41) is 8.35. The van der Waals surface area contributed by atoms with Gasteiger partial charge in [0.25, 0.3) is 11.8 Å². The van der Waals surface area contributed by atoms with E-state index in [2.05, 4.69) is 27.9 Å². The fourth-order valence-corrected chi connectivity index (χ4v) is 9.67. The zero-order valence-corrected chi connectivity index (χ0v) is 37.1. The molecule has 0 aromatic heterocycles. The summed E-state index contributed by atoms with van der Waals surface area (Å²) in [7, 11) is -1.11. The standard InChI is InChI=1S/C42H71N7O8Si/c1-8-9-10-17-22-35(56-25-30(5)46-38(51)29(4)23-43)31(6)40(53)49(7)58(27-28(2)3)42(55)48-36(33-20-15-12-16-21-33)39(52)47-34(37(44)50)24-45-41(54)57-26-32-18-13-11-14-19-32/h11,13-14,18-19,28-31,33,35-36,58H,8-10,12,15-17,20-27,43H2,1-7H3,(H2,44,50)(H,45,54)(H,46,51)(H,48,55)/b47-34-/t29-,30+,31+,35+,36-,58-/m0/s1.